The van der Waals surface area contributed by atoms with Gasteiger partial charge in [0.15, 0.2) is 6.61 Å². The van der Waals surface area contributed by atoms with Crippen molar-refractivity contribution in [3.05, 3.63) is 58.6 Å². The Morgan fingerprint density at radius 3 is 2.57 bits per heavy atom. The highest BCUT2D eigenvalue weighted by Crippen LogP contribution is 2.21. The molecule has 0 aliphatic carbocycles. The molecule has 2 amide bonds. The number of carbonyl (C=O) groups is 2. The van der Waals surface area contributed by atoms with E-state index in [0.717, 1.165) is 5.56 Å². The van der Waals surface area contributed by atoms with Gasteiger partial charge >= 0.3 is 0 Å². The molecule has 0 atom stereocenters. The van der Waals surface area contributed by atoms with Gasteiger partial charge in [0, 0.05) is 11.6 Å². The summed E-state index contributed by atoms with van der Waals surface area (Å²) < 4.78 is 16.1. The summed E-state index contributed by atoms with van der Waals surface area (Å²) in [5.41, 5.74) is 5.80. The molecule has 0 radical (unpaired) electrons. The van der Waals surface area contributed by atoms with Crippen LogP contribution in [0, 0.1) is 6.92 Å². The van der Waals surface area contributed by atoms with E-state index in [0.29, 0.717) is 41.9 Å². The molecular weight excluding hydrogens is 384 g/mol. The van der Waals surface area contributed by atoms with Crippen LogP contribution in [0.4, 0.5) is 0 Å². The predicted molar refractivity (Wildman–Crippen MR) is 106 cm³/mol. The third-order valence-corrected chi connectivity index (χ3v) is 4.06. The Morgan fingerprint density at radius 2 is 1.82 bits per heavy atom. The molecule has 2 N–H and O–H groups in total. The van der Waals surface area contributed by atoms with E-state index in [1.165, 1.54) is 0 Å². The zero-order valence-electron chi connectivity index (χ0n) is 15.8. The summed E-state index contributed by atoms with van der Waals surface area (Å²) in [7, 11) is 0. The number of ether oxygens (including phenoxy) is 3. The van der Waals surface area contributed by atoms with Gasteiger partial charge in [0.1, 0.15) is 18.1 Å². The van der Waals surface area contributed by atoms with Gasteiger partial charge in [-0.15, -0.1) is 0 Å². The van der Waals surface area contributed by atoms with Crippen molar-refractivity contribution < 1.29 is 23.8 Å². The fourth-order valence-electron chi connectivity index (χ4n) is 2.22. The maximum absolute atomic E-state index is 12.3. The second kappa shape index (κ2) is 11.2. The molecule has 0 saturated carbocycles. The normalized spacial score (nSPS) is 10.2. The fraction of sp³-hybridized carbons (Fsp3) is 0.300. The Morgan fingerprint density at radius 1 is 1.04 bits per heavy atom. The van der Waals surface area contributed by atoms with Gasteiger partial charge in [-0.05, 0) is 49.7 Å². The van der Waals surface area contributed by atoms with Crippen molar-refractivity contribution in [1.29, 1.82) is 0 Å². The van der Waals surface area contributed by atoms with Crippen molar-refractivity contribution >= 4 is 23.4 Å². The molecule has 8 heteroatoms. The predicted octanol–water partition coefficient (Wildman–Crippen LogP) is 2.90. The number of hydrazine groups is 1. The Hall–Kier alpha value is -2.77. The van der Waals surface area contributed by atoms with Gasteiger partial charge in [-0.3, -0.25) is 20.4 Å². The van der Waals surface area contributed by atoms with Crippen molar-refractivity contribution in [3.8, 4) is 11.5 Å². The lowest BCUT2D eigenvalue weighted by Gasteiger charge is -2.12. The molecule has 7 nitrogen and oxygen atoms in total. The first-order valence-electron chi connectivity index (χ1n) is 8.79. The molecule has 2 aromatic carbocycles. The van der Waals surface area contributed by atoms with Gasteiger partial charge in [0.2, 0.25) is 0 Å². The minimum absolute atomic E-state index is 0.256. The highest BCUT2D eigenvalue weighted by molar-refractivity contribution is 6.31. The monoisotopic (exact) mass is 406 g/mol. The van der Waals surface area contributed by atoms with Crippen LogP contribution in [-0.2, 0) is 9.53 Å². The average Bonchev–Trinajstić information content (AvgIpc) is 2.70. The molecule has 0 saturated heterocycles. The van der Waals surface area contributed by atoms with Crippen LogP contribution in [0.3, 0.4) is 0 Å². The standard InChI is InChI=1S/C20H23ClN2O5/c1-3-26-10-11-27-18-7-5-4-6-16(18)20(25)23-22-19(24)13-28-15-8-9-17(21)14(2)12-15/h4-9,12H,3,10-11,13H2,1-2H3,(H,22,24)(H,23,25). The van der Waals surface area contributed by atoms with Crippen LogP contribution >= 0.6 is 11.6 Å². The average molecular weight is 407 g/mol. The number of aryl methyl sites for hydroxylation is 1. The van der Waals surface area contributed by atoms with E-state index >= 15 is 0 Å². The topological polar surface area (TPSA) is 85.9 Å². The molecule has 0 unspecified atom stereocenters. The number of amides is 2. The van der Waals surface area contributed by atoms with Crippen molar-refractivity contribution in [2.75, 3.05) is 26.4 Å². The van der Waals surface area contributed by atoms with Crippen LogP contribution in [0.25, 0.3) is 0 Å². The minimum atomic E-state index is -0.504. The summed E-state index contributed by atoms with van der Waals surface area (Å²) in [6, 6.07) is 11.8. The van der Waals surface area contributed by atoms with Crippen LogP contribution in [0.2, 0.25) is 5.02 Å². The van der Waals surface area contributed by atoms with Crippen molar-refractivity contribution in [2.45, 2.75) is 13.8 Å². The number of para-hydroxylation sites is 1. The SMILES string of the molecule is CCOCCOc1ccccc1C(=O)NNC(=O)COc1ccc(Cl)c(C)c1. The quantitative estimate of drug-likeness (QED) is 0.494. The largest absolute Gasteiger partial charge is 0.490 e. The molecule has 0 aliphatic rings. The summed E-state index contributed by atoms with van der Waals surface area (Å²) in [5.74, 6) is -0.0864. The number of halogens is 1. The Bertz CT molecular complexity index is 813. The second-order valence-electron chi connectivity index (χ2n) is 5.74. The lowest BCUT2D eigenvalue weighted by molar-refractivity contribution is -0.123. The number of nitrogens with one attached hydrogen (secondary N) is 2. The molecule has 2 rings (SSSR count). The Labute approximate surface area is 168 Å². The molecule has 0 heterocycles. The third-order valence-electron chi connectivity index (χ3n) is 3.64. The molecule has 0 fully saturated rings. The molecule has 28 heavy (non-hydrogen) atoms. The van der Waals surface area contributed by atoms with E-state index in [9.17, 15) is 9.59 Å². The summed E-state index contributed by atoms with van der Waals surface area (Å²) in [4.78, 5) is 24.2. The van der Waals surface area contributed by atoms with Crippen molar-refractivity contribution in [2.24, 2.45) is 0 Å². The molecule has 2 aromatic rings. The molecule has 0 bridgehead atoms. The van der Waals surface area contributed by atoms with Crippen LogP contribution in [0.15, 0.2) is 42.5 Å². The first kappa shape index (κ1) is 21.5. The molecular formula is C20H23ClN2O5. The second-order valence-corrected chi connectivity index (χ2v) is 6.15. The Balaban J connectivity index is 1.82. The van der Waals surface area contributed by atoms with Gasteiger partial charge in [-0.2, -0.15) is 0 Å². The van der Waals surface area contributed by atoms with Crippen LogP contribution in [0.5, 0.6) is 11.5 Å². The van der Waals surface area contributed by atoms with E-state index in [1.54, 1.807) is 42.5 Å². The lowest BCUT2D eigenvalue weighted by atomic mass is 10.2. The fourth-order valence-corrected chi connectivity index (χ4v) is 2.34. The first-order valence-corrected chi connectivity index (χ1v) is 9.16. The molecule has 150 valence electrons. The summed E-state index contributed by atoms with van der Waals surface area (Å²) in [6.45, 7) is 4.80. The molecule has 0 spiro atoms. The van der Waals surface area contributed by atoms with E-state index in [2.05, 4.69) is 10.9 Å². The van der Waals surface area contributed by atoms with Crippen LogP contribution in [0.1, 0.15) is 22.8 Å². The summed E-state index contributed by atoms with van der Waals surface area (Å²) in [5, 5.41) is 0.617. The number of hydrogen-bond donors (Lipinski definition) is 2. The highest BCUT2D eigenvalue weighted by Gasteiger charge is 2.13. The maximum atomic E-state index is 12.3. The summed E-state index contributed by atoms with van der Waals surface area (Å²) >= 11 is 5.95. The number of carbonyl (C=O) groups excluding carboxylic acids is 2. The summed E-state index contributed by atoms with van der Waals surface area (Å²) in [6.07, 6.45) is 0. The van der Waals surface area contributed by atoms with E-state index in [4.69, 9.17) is 25.8 Å². The van der Waals surface area contributed by atoms with E-state index in [-0.39, 0.29) is 6.61 Å². The lowest BCUT2D eigenvalue weighted by Crippen LogP contribution is -2.44. The van der Waals surface area contributed by atoms with Gasteiger partial charge in [0.05, 0.1) is 12.2 Å². The smallest absolute Gasteiger partial charge is 0.276 e. The van der Waals surface area contributed by atoms with Crippen molar-refractivity contribution in [3.63, 3.8) is 0 Å². The van der Waals surface area contributed by atoms with Crippen LogP contribution < -0.4 is 20.3 Å². The number of hydrogen-bond acceptors (Lipinski definition) is 5. The minimum Gasteiger partial charge on any atom is -0.490 e. The van der Waals surface area contributed by atoms with Gasteiger partial charge in [-0.25, -0.2) is 0 Å². The van der Waals surface area contributed by atoms with Gasteiger partial charge in [-0.1, -0.05) is 23.7 Å². The molecule has 0 aromatic heterocycles. The number of benzene rings is 2. The number of rotatable bonds is 9. The highest BCUT2D eigenvalue weighted by atomic mass is 35.5. The third kappa shape index (κ3) is 6.75. The van der Waals surface area contributed by atoms with Gasteiger partial charge < -0.3 is 14.2 Å². The first-order chi connectivity index (χ1) is 13.5. The van der Waals surface area contributed by atoms with Crippen molar-refractivity contribution in [1.82, 2.24) is 10.9 Å². The maximum Gasteiger partial charge on any atom is 0.276 e. The van der Waals surface area contributed by atoms with Gasteiger partial charge in [0.25, 0.3) is 11.8 Å². The molecule has 0 aliphatic heterocycles. The Kier molecular flexibility index (Phi) is 8.58. The zero-order valence-corrected chi connectivity index (χ0v) is 16.5. The zero-order chi connectivity index (χ0) is 20.4. The van der Waals surface area contributed by atoms with Crippen LogP contribution in [-0.4, -0.2) is 38.2 Å². The van der Waals surface area contributed by atoms with E-state index < -0.39 is 11.8 Å². The van der Waals surface area contributed by atoms with E-state index in [1.807, 2.05) is 13.8 Å².